The lowest BCUT2D eigenvalue weighted by molar-refractivity contribution is 0.102. The van der Waals surface area contributed by atoms with Crippen molar-refractivity contribution in [1.29, 1.82) is 0 Å². The zero-order valence-corrected chi connectivity index (χ0v) is 19.7. The van der Waals surface area contributed by atoms with Crippen LogP contribution in [0.25, 0.3) is 0 Å². The molecule has 32 heavy (non-hydrogen) atoms. The van der Waals surface area contributed by atoms with Gasteiger partial charge in [-0.05, 0) is 60.5 Å². The highest BCUT2D eigenvalue weighted by molar-refractivity contribution is 9.10. The Morgan fingerprint density at radius 1 is 1.03 bits per heavy atom. The predicted molar refractivity (Wildman–Crippen MR) is 130 cm³/mol. The smallest absolute Gasteiger partial charge is 0.256 e. The van der Waals surface area contributed by atoms with Crippen molar-refractivity contribution >= 4 is 39.3 Å². The summed E-state index contributed by atoms with van der Waals surface area (Å²) in [5, 5.41) is 8.09. The van der Waals surface area contributed by atoms with E-state index in [-0.39, 0.29) is 5.91 Å². The molecule has 162 valence electrons. The van der Waals surface area contributed by atoms with Crippen molar-refractivity contribution in [3.05, 3.63) is 111 Å². The van der Waals surface area contributed by atoms with E-state index < -0.39 is 0 Å². The average Bonchev–Trinajstić information content (AvgIpc) is 3.11. The lowest BCUT2D eigenvalue weighted by Gasteiger charge is -2.08. The maximum absolute atomic E-state index is 12.8. The van der Waals surface area contributed by atoms with Crippen molar-refractivity contribution in [1.82, 2.24) is 9.78 Å². The van der Waals surface area contributed by atoms with E-state index in [9.17, 15) is 4.79 Å². The Hall–Kier alpha value is -3.09. The van der Waals surface area contributed by atoms with Crippen LogP contribution in [-0.2, 0) is 13.2 Å². The third kappa shape index (κ3) is 5.78. The third-order valence-electron chi connectivity index (χ3n) is 4.83. The molecule has 0 spiro atoms. The van der Waals surface area contributed by atoms with E-state index in [1.807, 2.05) is 84.4 Å². The van der Waals surface area contributed by atoms with E-state index >= 15 is 0 Å². The van der Waals surface area contributed by atoms with Crippen LogP contribution in [0, 0.1) is 6.92 Å². The Morgan fingerprint density at radius 3 is 2.62 bits per heavy atom. The topological polar surface area (TPSA) is 56.1 Å². The van der Waals surface area contributed by atoms with Crippen LogP contribution >= 0.6 is 27.5 Å². The number of carbonyl (C=O) groups is 1. The van der Waals surface area contributed by atoms with Gasteiger partial charge in [-0.1, -0.05) is 57.9 Å². The number of nitrogens with zero attached hydrogens (tertiary/aromatic N) is 2. The van der Waals surface area contributed by atoms with Gasteiger partial charge in [0.2, 0.25) is 0 Å². The monoisotopic (exact) mass is 509 g/mol. The molecule has 7 heteroatoms. The molecule has 3 aromatic carbocycles. The molecule has 1 N–H and O–H groups in total. The lowest BCUT2D eigenvalue weighted by Crippen LogP contribution is -2.13. The molecule has 0 fully saturated rings. The maximum Gasteiger partial charge on any atom is 0.256 e. The van der Waals surface area contributed by atoms with E-state index in [1.165, 1.54) is 0 Å². The van der Waals surface area contributed by atoms with Gasteiger partial charge in [-0.2, -0.15) is 5.10 Å². The van der Waals surface area contributed by atoms with E-state index in [4.69, 9.17) is 16.3 Å². The minimum atomic E-state index is -0.221. The van der Waals surface area contributed by atoms with Gasteiger partial charge in [0.1, 0.15) is 12.4 Å². The van der Waals surface area contributed by atoms with Crippen LogP contribution in [0.1, 0.15) is 27.2 Å². The van der Waals surface area contributed by atoms with Crippen LogP contribution in [0.15, 0.2) is 83.3 Å². The Kier molecular flexibility index (Phi) is 6.93. The highest BCUT2D eigenvalue weighted by Crippen LogP contribution is 2.20. The summed E-state index contributed by atoms with van der Waals surface area (Å²) in [6.45, 7) is 2.89. The van der Waals surface area contributed by atoms with Crippen LogP contribution in [0.4, 0.5) is 5.82 Å². The molecule has 0 atom stereocenters. The Morgan fingerprint density at radius 2 is 1.81 bits per heavy atom. The van der Waals surface area contributed by atoms with Gasteiger partial charge in [0.05, 0.1) is 6.54 Å². The van der Waals surface area contributed by atoms with E-state index in [0.29, 0.717) is 29.6 Å². The van der Waals surface area contributed by atoms with Crippen molar-refractivity contribution in [2.45, 2.75) is 20.1 Å². The van der Waals surface area contributed by atoms with Gasteiger partial charge in [-0.3, -0.25) is 9.48 Å². The van der Waals surface area contributed by atoms with Crippen molar-refractivity contribution < 1.29 is 9.53 Å². The molecule has 4 rings (SSSR count). The van der Waals surface area contributed by atoms with Crippen LogP contribution in [0.5, 0.6) is 5.75 Å². The van der Waals surface area contributed by atoms with Gasteiger partial charge >= 0.3 is 0 Å². The molecule has 0 saturated carbocycles. The fraction of sp³-hybridized carbons (Fsp3) is 0.120. The molecule has 4 aromatic rings. The molecule has 0 aliphatic heterocycles. The number of anilines is 1. The number of ether oxygens (including phenoxy) is 1. The summed E-state index contributed by atoms with van der Waals surface area (Å²) in [4.78, 5) is 12.8. The van der Waals surface area contributed by atoms with Gasteiger partial charge in [0.25, 0.3) is 5.91 Å². The third-order valence-corrected chi connectivity index (χ3v) is 5.56. The van der Waals surface area contributed by atoms with Crippen LogP contribution in [-0.4, -0.2) is 15.7 Å². The SMILES string of the molecule is Cc1cc(NC(=O)c2cccc(COc3cccc(Br)c3)c2)nn1Cc1cccc(Cl)c1. The number of halogens is 2. The number of amides is 1. The van der Waals surface area contributed by atoms with Gasteiger partial charge in [0, 0.05) is 26.8 Å². The fourth-order valence-corrected chi connectivity index (χ4v) is 3.84. The molecule has 0 unspecified atom stereocenters. The first kappa shape index (κ1) is 22.1. The summed E-state index contributed by atoms with van der Waals surface area (Å²) in [5.74, 6) is 1.04. The molecular formula is C25H21BrClN3O2. The molecule has 0 aliphatic carbocycles. The Labute approximate surface area is 200 Å². The van der Waals surface area contributed by atoms with Crippen molar-refractivity contribution in [3.8, 4) is 5.75 Å². The summed E-state index contributed by atoms with van der Waals surface area (Å²) >= 11 is 9.50. The molecule has 0 radical (unpaired) electrons. The first-order chi connectivity index (χ1) is 15.5. The van der Waals surface area contributed by atoms with E-state index in [1.54, 1.807) is 6.07 Å². The second-order valence-electron chi connectivity index (χ2n) is 7.36. The largest absolute Gasteiger partial charge is 0.489 e. The second kappa shape index (κ2) is 10.0. The first-order valence-corrected chi connectivity index (χ1v) is 11.2. The zero-order chi connectivity index (χ0) is 22.5. The number of carbonyl (C=O) groups excluding carboxylic acids is 1. The van der Waals surface area contributed by atoms with Crippen LogP contribution in [0.2, 0.25) is 5.02 Å². The Balaban J connectivity index is 1.41. The number of aryl methyl sites for hydroxylation is 1. The summed E-state index contributed by atoms with van der Waals surface area (Å²) in [7, 11) is 0. The molecule has 1 aromatic heterocycles. The molecular weight excluding hydrogens is 490 g/mol. The van der Waals surface area contributed by atoms with Gasteiger partial charge in [-0.15, -0.1) is 0 Å². The van der Waals surface area contributed by atoms with Crippen molar-refractivity contribution in [3.63, 3.8) is 0 Å². The first-order valence-electron chi connectivity index (χ1n) is 10.0. The van der Waals surface area contributed by atoms with Crippen molar-refractivity contribution in [2.24, 2.45) is 0 Å². The highest BCUT2D eigenvalue weighted by Gasteiger charge is 2.11. The summed E-state index contributed by atoms with van der Waals surface area (Å²) in [6, 6.07) is 24.5. The summed E-state index contributed by atoms with van der Waals surface area (Å²) in [6.07, 6.45) is 0. The molecule has 0 saturated heterocycles. The summed E-state index contributed by atoms with van der Waals surface area (Å²) < 4.78 is 8.61. The normalized spacial score (nSPS) is 10.7. The molecule has 1 heterocycles. The quantitative estimate of drug-likeness (QED) is 0.309. The number of hydrogen-bond acceptors (Lipinski definition) is 3. The van der Waals surface area contributed by atoms with Crippen LogP contribution < -0.4 is 10.1 Å². The van der Waals surface area contributed by atoms with Gasteiger partial charge < -0.3 is 10.1 Å². The molecule has 0 aliphatic rings. The minimum absolute atomic E-state index is 0.221. The number of nitrogens with one attached hydrogen (secondary N) is 1. The van der Waals surface area contributed by atoms with E-state index in [2.05, 4.69) is 26.3 Å². The standard InChI is InChI=1S/C25H21BrClN3O2/c1-17-11-24(29-30(17)15-18-5-3-9-22(27)13-18)28-25(31)20-7-2-6-19(12-20)16-32-23-10-4-8-21(26)14-23/h2-14H,15-16H2,1H3,(H,28,29,31). The Bertz CT molecular complexity index is 1260. The van der Waals surface area contributed by atoms with Gasteiger partial charge in [0.15, 0.2) is 5.82 Å². The molecule has 1 amide bonds. The van der Waals surface area contributed by atoms with Crippen LogP contribution in [0.3, 0.4) is 0 Å². The number of aromatic nitrogens is 2. The lowest BCUT2D eigenvalue weighted by atomic mass is 10.1. The zero-order valence-electron chi connectivity index (χ0n) is 17.4. The van der Waals surface area contributed by atoms with Crippen molar-refractivity contribution in [2.75, 3.05) is 5.32 Å². The highest BCUT2D eigenvalue weighted by atomic mass is 79.9. The predicted octanol–water partition coefficient (Wildman–Crippen LogP) is 6.49. The number of hydrogen-bond donors (Lipinski definition) is 1. The summed E-state index contributed by atoms with van der Waals surface area (Å²) in [5.41, 5.74) is 3.43. The van der Waals surface area contributed by atoms with E-state index in [0.717, 1.165) is 27.0 Å². The second-order valence-corrected chi connectivity index (χ2v) is 8.71. The number of rotatable bonds is 7. The molecule has 0 bridgehead atoms. The van der Waals surface area contributed by atoms with Gasteiger partial charge in [-0.25, -0.2) is 0 Å². The molecule has 5 nitrogen and oxygen atoms in total. The fourth-order valence-electron chi connectivity index (χ4n) is 3.25. The minimum Gasteiger partial charge on any atom is -0.489 e. The maximum atomic E-state index is 12.8. The number of benzene rings is 3. The average molecular weight is 511 g/mol.